The standard InChI is InChI=1S/C22H23ClN4O.ClH/c1-22(14-24)11-12-26(15-22)21(28)20-13-19(16-7-9-17(23)10-8-16)25-27(20)18-5-3-2-4-6-18;/h2-10,13H,11-12,14-15,24H2,1H3;1H. The predicted octanol–water partition coefficient (Wildman–Crippen LogP) is 4.43. The Balaban J connectivity index is 0.00000240. The zero-order chi connectivity index (χ0) is 19.7. The van der Waals surface area contributed by atoms with Gasteiger partial charge in [0.05, 0.1) is 11.4 Å². The normalized spacial score (nSPS) is 18.5. The van der Waals surface area contributed by atoms with Crippen LogP contribution in [0.5, 0.6) is 0 Å². The summed E-state index contributed by atoms with van der Waals surface area (Å²) in [5, 5.41) is 5.40. The van der Waals surface area contributed by atoms with Crippen molar-refractivity contribution < 1.29 is 4.79 Å². The van der Waals surface area contributed by atoms with E-state index in [1.54, 1.807) is 4.68 Å². The maximum atomic E-state index is 13.3. The number of halogens is 2. The van der Waals surface area contributed by atoms with Crippen molar-refractivity contribution in [3.63, 3.8) is 0 Å². The molecule has 1 aromatic heterocycles. The van der Waals surface area contributed by atoms with E-state index in [1.165, 1.54) is 0 Å². The highest BCUT2D eigenvalue weighted by molar-refractivity contribution is 6.30. The summed E-state index contributed by atoms with van der Waals surface area (Å²) in [6.45, 7) is 4.08. The minimum Gasteiger partial charge on any atom is -0.337 e. The molecule has 0 aliphatic carbocycles. The molecule has 1 saturated heterocycles. The van der Waals surface area contributed by atoms with Gasteiger partial charge in [0, 0.05) is 23.7 Å². The van der Waals surface area contributed by atoms with E-state index in [-0.39, 0.29) is 23.7 Å². The molecule has 1 aliphatic rings. The van der Waals surface area contributed by atoms with E-state index in [4.69, 9.17) is 22.4 Å². The summed E-state index contributed by atoms with van der Waals surface area (Å²) in [6, 6.07) is 19.1. The minimum atomic E-state index is -0.0216. The molecule has 0 spiro atoms. The number of carbonyl (C=O) groups excluding carboxylic acids is 1. The Bertz CT molecular complexity index is 988. The molecule has 1 fully saturated rings. The Hall–Kier alpha value is -2.34. The van der Waals surface area contributed by atoms with E-state index < -0.39 is 0 Å². The lowest BCUT2D eigenvalue weighted by Gasteiger charge is -2.22. The first-order chi connectivity index (χ1) is 13.5. The Morgan fingerprint density at radius 3 is 2.48 bits per heavy atom. The van der Waals surface area contributed by atoms with Gasteiger partial charge in [-0.15, -0.1) is 12.4 Å². The minimum absolute atomic E-state index is 0. The number of benzene rings is 2. The van der Waals surface area contributed by atoms with Crippen molar-refractivity contribution >= 4 is 29.9 Å². The average Bonchev–Trinajstić information content (AvgIpc) is 3.34. The number of hydrogen-bond donors (Lipinski definition) is 1. The molecule has 1 unspecified atom stereocenters. The summed E-state index contributed by atoms with van der Waals surface area (Å²) in [7, 11) is 0. The van der Waals surface area contributed by atoms with Crippen LogP contribution in [0.25, 0.3) is 16.9 Å². The summed E-state index contributed by atoms with van der Waals surface area (Å²) in [4.78, 5) is 15.2. The molecule has 29 heavy (non-hydrogen) atoms. The highest BCUT2D eigenvalue weighted by atomic mass is 35.5. The van der Waals surface area contributed by atoms with E-state index in [9.17, 15) is 4.79 Å². The Morgan fingerprint density at radius 2 is 1.86 bits per heavy atom. The van der Waals surface area contributed by atoms with Gasteiger partial charge in [0.2, 0.25) is 0 Å². The van der Waals surface area contributed by atoms with Crippen LogP contribution in [0.4, 0.5) is 0 Å². The summed E-state index contributed by atoms with van der Waals surface area (Å²) < 4.78 is 1.73. The number of nitrogens with zero attached hydrogens (tertiary/aromatic N) is 3. The molecule has 0 saturated carbocycles. The van der Waals surface area contributed by atoms with Crippen molar-refractivity contribution in [1.29, 1.82) is 0 Å². The van der Waals surface area contributed by atoms with Crippen LogP contribution in [0.1, 0.15) is 23.8 Å². The second-order valence-electron chi connectivity index (χ2n) is 7.66. The molecule has 1 aliphatic heterocycles. The lowest BCUT2D eigenvalue weighted by molar-refractivity contribution is 0.0768. The lowest BCUT2D eigenvalue weighted by atomic mass is 9.90. The third-order valence-corrected chi connectivity index (χ3v) is 5.66. The van der Waals surface area contributed by atoms with Crippen LogP contribution >= 0.6 is 24.0 Å². The van der Waals surface area contributed by atoms with Gasteiger partial charge in [0.25, 0.3) is 5.91 Å². The quantitative estimate of drug-likeness (QED) is 0.665. The SMILES string of the molecule is CC1(CN)CCN(C(=O)c2cc(-c3ccc(Cl)cc3)nn2-c2ccccc2)C1.Cl. The van der Waals surface area contributed by atoms with Gasteiger partial charge < -0.3 is 10.6 Å². The number of amides is 1. The largest absolute Gasteiger partial charge is 0.337 e. The predicted molar refractivity (Wildman–Crippen MR) is 119 cm³/mol. The van der Waals surface area contributed by atoms with E-state index >= 15 is 0 Å². The maximum absolute atomic E-state index is 13.3. The third-order valence-electron chi connectivity index (χ3n) is 5.41. The van der Waals surface area contributed by atoms with Gasteiger partial charge in [-0.05, 0) is 48.7 Å². The third kappa shape index (κ3) is 4.32. The fraction of sp³-hybridized carbons (Fsp3) is 0.273. The molecule has 2 aromatic carbocycles. The van der Waals surface area contributed by atoms with Crippen molar-refractivity contribution in [1.82, 2.24) is 14.7 Å². The number of para-hydroxylation sites is 1. The zero-order valence-corrected chi connectivity index (χ0v) is 17.8. The number of nitrogens with two attached hydrogens (primary N) is 1. The Morgan fingerprint density at radius 1 is 1.17 bits per heavy atom. The first-order valence-corrected chi connectivity index (χ1v) is 9.78. The Labute approximate surface area is 181 Å². The van der Waals surface area contributed by atoms with Gasteiger partial charge in [-0.25, -0.2) is 4.68 Å². The molecule has 0 radical (unpaired) electrons. The average molecular weight is 431 g/mol. The number of rotatable bonds is 4. The first-order valence-electron chi connectivity index (χ1n) is 9.40. The van der Waals surface area contributed by atoms with Gasteiger partial charge in [0.15, 0.2) is 0 Å². The highest BCUT2D eigenvalue weighted by Gasteiger charge is 2.36. The molecule has 1 amide bonds. The molecule has 0 bridgehead atoms. The fourth-order valence-corrected chi connectivity index (χ4v) is 3.71. The van der Waals surface area contributed by atoms with Crippen LogP contribution in [-0.4, -0.2) is 40.2 Å². The summed E-state index contributed by atoms with van der Waals surface area (Å²) in [5.41, 5.74) is 8.96. The van der Waals surface area contributed by atoms with Crippen molar-refractivity contribution in [2.24, 2.45) is 11.1 Å². The lowest BCUT2D eigenvalue weighted by Crippen LogP contribution is -2.35. The van der Waals surface area contributed by atoms with E-state index in [2.05, 4.69) is 6.92 Å². The first kappa shape index (κ1) is 21.4. The molecule has 2 N–H and O–H groups in total. The van der Waals surface area contributed by atoms with Crippen LogP contribution in [-0.2, 0) is 0 Å². The van der Waals surface area contributed by atoms with Crippen molar-refractivity contribution in [3.05, 3.63) is 71.4 Å². The summed E-state index contributed by atoms with van der Waals surface area (Å²) in [6.07, 6.45) is 0.915. The fourth-order valence-electron chi connectivity index (χ4n) is 3.59. The molecular formula is C22H24Cl2N4O. The topological polar surface area (TPSA) is 64.2 Å². The van der Waals surface area contributed by atoms with E-state index in [1.807, 2.05) is 65.6 Å². The van der Waals surface area contributed by atoms with Gasteiger partial charge in [-0.1, -0.05) is 48.9 Å². The summed E-state index contributed by atoms with van der Waals surface area (Å²) in [5.74, 6) is -0.0197. The van der Waals surface area contributed by atoms with Gasteiger partial charge >= 0.3 is 0 Å². The molecule has 1 atom stereocenters. The molecule has 152 valence electrons. The number of carbonyl (C=O) groups is 1. The van der Waals surface area contributed by atoms with Crippen molar-refractivity contribution in [3.8, 4) is 16.9 Å². The number of likely N-dealkylation sites (tertiary alicyclic amines) is 1. The van der Waals surface area contributed by atoms with Crippen LogP contribution < -0.4 is 5.73 Å². The number of aromatic nitrogens is 2. The second kappa shape index (κ2) is 8.57. The van der Waals surface area contributed by atoms with Crippen molar-refractivity contribution in [2.75, 3.05) is 19.6 Å². The van der Waals surface area contributed by atoms with E-state index in [0.717, 1.165) is 23.4 Å². The van der Waals surface area contributed by atoms with Crippen molar-refractivity contribution in [2.45, 2.75) is 13.3 Å². The monoisotopic (exact) mass is 430 g/mol. The van der Waals surface area contributed by atoms with Crippen LogP contribution in [0, 0.1) is 5.41 Å². The molecular weight excluding hydrogens is 407 g/mol. The van der Waals surface area contributed by atoms with Crippen LogP contribution in [0.3, 0.4) is 0 Å². The molecule has 3 aromatic rings. The molecule has 2 heterocycles. The smallest absolute Gasteiger partial charge is 0.272 e. The van der Waals surface area contributed by atoms with Gasteiger partial charge in [-0.2, -0.15) is 5.10 Å². The Kier molecular flexibility index (Phi) is 6.32. The maximum Gasteiger partial charge on any atom is 0.272 e. The molecule has 5 nitrogen and oxygen atoms in total. The number of hydrogen-bond acceptors (Lipinski definition) is 3. The van der Waals surface area contributed by atoms with Gasteiger partial charge in [0.1, 0.15) is 5.69 Å². The van der Waals surface area contributed by atoms with Crippen LogP contribution in [0.15, 0.2) is 60.7 Å². The van der Waals surface area contributed by atoms with Gasteiger partial charge in [-0.3, -0.25) is 4.79 Å². The highest BCUT2D eigenvalue weighted by Crippen LogP contribution is 2.31. The second-order valence-corrected chi connectivity index (χ2v) is 8.10. The molecule has 4 rings (SSSR count). The summed E-state index contributed by atoms with van der Waals surface area (Å²) >= 11 is 6.01. The molecule has 7 heteroatoms. The van der Waals surface area contributed by atoms with Crippen LogP contribution in [0.2, 0.25) is 5.02 Å². The van der Waals surface area contributed by atoms with E-state index in [0.29, 0.717) is 30.4 Å². The zero-order valence-electron chi connectivity index (χ0n) is 16.2.